The van der Waals surface area contributed by atoms with E-state index in [1.54, 1.807) is 20.8 Å². The maximum atomic E-state index is 11.4. The molecular weight excluding hydrogens is 168 g/mol. The molecule has 0 spiro atoms. The minimum Gasteiger partial charge on any atom is -0.354 e. The van der Waals surface area contributed by atoms with Gasteiger partial charge in [-0.2, -0.15) is 0 Å². The van der Waals surface area contributed by atoms with Gasteiger partial charge in [0.2, 0.25) is 11.8 Å². The third-order valence-electron chi connectivity index (χ3n) is 1.68. The molecule has 0 radical (unpaired) electrons. The van der Waals surface area contributed by atoms with Gasteiger partial charge in [0.1, 0.15) is 5.54 Å². The molecule has 0 aliphatic rings. The maximum Gasteiger partial charge on any atom is 0.245 e. The van der Waals surface area contributed by atoms with Crippen LogP contribution >= 0.6 is 0 Å². The molecule has 2 N–H and O–H groups in total. The van der Waals surface area contributed by atoms with Crippen LogP contribution in [0.15, 0.2) is 0 Å². The number of likely N-dealkylation sites (N-methyl/N-ethyl adjacent to an activating group) is 1. The lowest BCUT2D eigenvalue weighted by molar-refractivity contribution is -0.132. The summed E-state index contributed by atoms with van der Waals surface area (Å²) in [5.74, 6) is -0.270. The molecule has 0 aliphatic carbocycles. The number of hydrogen-bond donors (Lipinski definition) is 2. The molecule has 0 saturated carbocycles. The van der Waals surface area contributed by atoms with Gasteiger partial charge < -0.3 is 10.6 Å². The fourth-order valence-electron chi connectivity index (χ4n) is 0.875. The highest BCUT2D eigenvalue weighted by Crippen LogP contribution is 2.02. The Balaban J connectivity index is 4.21. The average molecular weight is 186 g/mol. The largest absolute Gasteiger partial charge is 0.354 e. The first-order chi connectivity index (χ1) is 5.94. The van der Waals surface area contributed by atoms with E-state index in [1.807, 2.05) is 6.92 Å². The van der Waals surface area contributed by atoms with Crippen molar-refractivity contribution in [1.29, 1.82) is 0 Å². The maximum absolute atomic E-state index is 11.4. The van der Waals surface area contributed by atoms with Gasteiger partial charge >= 0.3 is 0 Å². The first kappa shape index (κ1) is 11.9. The van der Waals surface area contributed by atoms with Crippen molar-refractivity contribution in [3.8, 4) is 0 Å². The molecule has 2 amide bonds. The molecule has 13 heavy (non-hydrogen) atoms. The van der Waals surface area contributed by atoms with E-state index < -0.39 is 5.54 Å². The standard InChI is InChI=1S/C9H18N2O2/c1-5-7(12)11-9(3,4)8(13)10-6-2/h5-6H2,1-4H3,(H,10,13)(H,11,12). The van der Waals surface area contributed by atoms with Crippen molar-refractivity contribution in [2.75, 3.05) is 6.54 Å². The number of rotatable bonds is 4. The van der Waals surface area contributed by atoms with Crippen molar-refractivity contribution in [2.24, 2.45) is 0 Å². The summed E-state index contributed by atoms with van der Waals surface area (Å²) in [6.45, 7) is 7.54. The number of carbonyl (C=O) groups excluding carboxylic acids is 2. The second-order valence-corrected chi connectivity index (χ2v) is 3.39. The zero-order chi connectivity index (χ0) is 10.5. The van der Waals surface area contributed by atoms with Gasteiger partial charge in [-0.15, -0.1) is 0 Å². The fraction of sp³-hybridized carbons (Fsp3) is 0.778. The van der Waals surface area contributed by atoms with E-state index in [4.69, 9.17) is 0 Å². The smallest absolute Gasteiger partial charge is 0.245 e. The Hall–Kier alpha value is -1.06. The van der Waals surface area contributed by atoms with Crippen LogP contribution in [-0.2, 0) is 9.59 Å². The van der Waals surface area contributed by atoms with E-state index in [9.17, 15) is 9.59 Å². The number of hydrogen-bond acceptors (Lipinski definition) is 2. The Morgan fingerprint density at radius 3 is 2.15 bits per heavy atom. The van der Waals surface area contributed by atoms with Crippen LogP contribution in [0.2, 0.25) is 0 Å². The van der Waals surface area contributed by atoms with Crippen LogP contribution in [0.3, 0.4) is 0 Å². The van der Waals surface area contributed by atoms with E-state index in [0.29, 0.717) is 13.0 Å². The lowest BCUT2D eigenvalue weighted by atomic mass is 10.0. The van der Waals surface area contributed by atoms with Crippen molar-refractivity contribution >= 4 is 11.8 Å². The van der Waals surface area contributed by atoms with Crippen LogP contribution in [0.5, 0.6) is 0 Å². The van der Waals surface area contributed by atoms with Crippen LogP contribution in [-0.4, -0.2) is 23.9 Å². The molecule has 0 unspecified atom stereocenters. The lowest BCUT2D eigenvalue weighted by Crippen LogP contribution is -2.54. The first-order valence-electron chi connectivity index (χ1n) is 4.53. The summed E-state index contributed by atoms with van der Waals surface area (Å²) in [5, 5.41) is 5.30. The Morgan fingerprint density at radius 2 is 1.77 bits per heavy atom. The summed E-state index contributed by atoms with van der Waals surface area (Å²) in [6.07, 6.45) is 0.392. The Labute approximate surface area is 79.1 Å². The molecule has 76 valence electrons. The molecule has 0 rings (SSSR count). The molecular formula is C9H18N2O2. The molecule has 0 aromatic rings. The Kier molecular flexibility index (Phi) is 4.45. The van der Waals surface area contributed by atoms with Crippen molar-refractivity contribution in [3.05, 3.63) is 0 Å². The van der Waals surface area contributed by atoms with Gasteiger partial charge in [-0.25, -0.2) is 0 Å². The van der Waals surface area contributed by atoms with Gasteiger partial charge in [0.25, 0.3) is 0 Å². The quantitative estimate of drug-likeness (QED) is 0.668. The molecule has 0 aromatic carbocycles. The van der Waals surface area contributed by atoms with Crippen LogP contribution in [0.4, 0.5) is 0 Å². The third kappa shape index (κ3) is 3.92. The van der Waals surface area contributed by atoms with Gasteiger partial charge in [0.15, 0.2) is 0 Å². The minimum atomic E-state index is -0.816. The number of carbonyl (C=O) groups is 2. The summed E-state index contributed by atoms with van der Waals surface area (Å²) in [4.78, 5) is 22.4. The average Bonchev–Trinajstić information content (AvgIpc) is 2.04. The topological polar surface area (TPSA) is 58.2 Å². The molecule has 0 heterocycles. The second kappa shape index (κ2) is 4.84. The van der Waals surface area contributed by atoms with Crippen molar-refractivity contribution < 1.29 is 9.59 Å². The Bertz CT molecular complexity index is 200. The number of nitrogens with one attached hydrogen (secondary N) is 2. The molecule has 0 bridgehead atoms. The highest BCUT2D eigenvalue weighted by Gasteiger charge is 2.27. The lowest BCUT2D eigenvalue weighted by Gasteiger charge is -2.24. The molecule has 0 fully saturated rings. The van der Waals surface area contributed by atoms with E-state index >= 15 is 0 Å². The second-order valence-electron chi connectivity index (χ2n) is 3.39. The highest BCUT2D eigenvalue weighted by molar-refractivity contribution is 5.90. The van der Waals surface area contributed by atoms with Crippen LogP contribution in [0.1, 0.15) is 34.1 Å². The number of amides is 2. The van der Waals surface area contributed by atoms with E-state index in [1.165, 1.54) is 0 Å². The molecule has 0 aromatic heterocycles. The first-order valence-corrected chi connectivity index (χ1v) is 4.53. The van der Waals surface area contributed by atoms with E-state index in [2.05, 4.69) is 10.6 Å². The predicted octanol–water partition coefficient (Wildman–Crippen LogP) is 0.427. The molecule has 0 atom stereocenters. The van der Waals surface area contributed by atoms with E-state index in [-0.39, 0.29) is 11.8 Å². The monoisotopic (exact) mass is 186 g/mol. The van der Waals surface area contributed by atoms with Crippen molar-refractivity contribution in [1.82, 2.24) is 10.6 Å². The van der Waals surface area contributed by atoms with Crippen LogP contribution in [0, 0.1) is 0 Å². The molecule has 4 heteroatoms. The van der Waals surface area contributed by atoms with Gasteiger partial charge in [0.05, 0.1) is 0 Å². The summed E-state index contributed by atoms with van der Waals surface area (Å²) < 4.78 is 0. The van der Waals surface area contributed by atoms with E-state index in [0.717, 1.165) is 0 Å². The minimum absolute atomic E-state index is 0.115. The summed E-state index contributed by atoms with van der Waals surface area (Å²) in [5.41, 5.74) is -0.816. The zero-order valence-electron chi connectivity index (χ0n) is 8.73. The van der Waals surface area contributed by atoms with Crippen molar-refractivity contribution in [2.45, 2.75) is 39.7 Å². The molecule has 0 saturated heterocycles. The van der Waals surface area contributed by atoms with Crippen LogP contribution < -0.4 is 10.6 Å². The SMILES string of the molecule is CCNC(=O)C(C)(C)NC(=O)CC. The third-order valence-corrected chi connectivity index (χ3v) is 1.68. The normalized spacial score (nSPS) is 10.8. The fourth-order valence-corrected chi connectivity index (χ4v) is 0.875. The summed E-state index contributed by atoms with van der Waals surface area (Å²) >= 11 is 0. The van der Waals surface area contributed by atoms with Gasteiger partial charge in [0, 0.05) is 13.0 Å². The van der Waals surface area contributed by atoms with Crippen molar-refractivity contribution in [3.63, 3.8) is 0 Å². The van der Waals surface area contributed by atoms with Crippen LogP contribution in [0.25, 0.3) is 0 Å². The summed E-state index contributed by atoms with van der Waals surface area (Å²) in [7, 11) is 0. The summed E-state index contributed by atoms with van der Waals surface area (Å²) in [6, 6.07) is 0. The zero-order valence-corrected chi connectivity index (χ0v) is 8.73. The highest BCUT2D eigenvalue weighted by atomic mass is 16.2. The van der Waals surface area contributed by atoms with Gasteiger partial charge in [-0.1, -0.05) is 6.92 Å². The molecule has 0 aliphatic heterocycles. The van der Waals surface area contributed by atoms with Gasteiger partial charge in [-0.05, 0) is 20.8 Å². The van der Waals surface area contributed by atoms with Gasteiger partial charge in [-0.3, -0.25) is 9.59 Å². The predicted molar refractivity (Wildman–Crippen MR) is 51.2 cm³/mol. The Morgan fingerprint density at radius 1 is 1.23 bits per heavy atom. The molecule has 4 nitrogen and oxygen atoms in total.